The second-order valence-corrected chi connectivity index (χ2v) is 2.52. The van der Waals surface area contributed by atoms with Crippen molar-refractivity contribution in [1.29, 1.82) is 0 Å². The van der Waals surface area contributed by atoms with Crippen LogP contribution in [0.1, 0.15) is 0 Å². The number of nitrogens with one attached hydrogen (secondary N) is 2. The van der Waals surface area contributed by atoms with Crippen LogP contribution in [-0.4, -0.2) is 12.0 Å². The van der Waals surface area contributed by atoms with Gasteiger partial charge in [0.2, 0.25) is 0 Å². The highest BCUT2D eigenvalue weighted by molar-refractivity contribution is 5.83. The predicted molar refractivity (Wildman–Crippen MR) is 47.8 cm³/mol. The maximum atomic E-state index is 3.23. The molecule has 11 heavy (non-hydrogen) atoms. The summed E-state index contributed by atoms with van der Waals surface area (Å²) in [6.45, 7) is 0. The minimum atomic E-state index is 1.06. The van der Waals surface area contributed by atoms with E-state index in [0.717, 1.165) is 5.82 Å². The van der Waals surface area contributed by atoms with Crippen LogP contribution in [0, 0.1) is 0 Å². The van der Waals surface area contributed by atoms with Gasteiger partial charge >= 0.3 is 0 Å². The number of hydrogen-bond donors (Lipinski definition) is 2. The van der Waals surface area contributed by atoms with Crippen molar-refractivity contribution >= 4 is 16.7 Å². The molecule has 0 aliphatic rings. The van der Waals surface area contributed by atoms with E-state index in [2.05, 4.69) is 28.5 Å². The van der Waals surface area contributed by atoms with Gasteiger partial charge in [0.15, 0.2) is 0 Å². The van der Waals surface area contributed by atoms with Gasteiger partial charge in [-0.2, -0.15) is 0 Å². The SMILES string of the molecule is CNc1cc2ccccc2[nH]1. The highest BCUT2D eigenvalue weighted by Crippen LogP contribution is 2.16. The van der Waals surface area contributed by atoms with Crippen molar-refractivity contribution in [2.45, 2.75) is 0 Å². The summed E-state index contributed by atoms with van der Waals surface area (Å²) in [7, 11) is 1.91. The molecule has 56 valence electrons. The monoisotopic (exact) mass is 146 g/mol. The quantitative estimate of drug-likeness (QED) is 0.634. The Kier molecular flexibility index (Phi) is 1.32. The summed E-state index contributed by atoms with van der Waals surface area (Å²) in [5.74, 6) is 1.06. The topological polar surface area (TPSA) is 27.8 Å². The first-order valence-corrected chi connectivity index (χ1v) is 3.65. The Morgan fingerprint density at radius 1 is 1.27 bits per heavy atom. The molecule has 0 radical (unpaired) electrons. The van der Waals surface area contributed by atoms with Crippen molar-refractivity contribution in [2.24, 2.45) is 0 Å². The first kappa shape index (κ1) is 6.28. The Labute approximate surface area is 65.2 Å². The fourth-order valence-electron chi connectivity index (χ4n) is 1.21. The second-order valence-electron chi connectivity index (χ2n) is 2.52. The third-order valence-corrected chi connectivity index (χ3v) is 1.80. The van der Waals surface area contributed by atoms with E-state index in [1.54, 1.807) is 0 Å². The molecule has 1 aromatic heterocycles. The van der Waals surface area contributed by atoms with E-state index in [1.165, 1.54) is 10.9 Å². The van der Waals surface area contributed by atoms with Crippen molar-refractivity contribution in [3.63, 3.8) is 0 Å². The first-order valence-electron chi connectivity index (χ1n) is 3.65. The molecular weight excluding hydrogens is 136 g/mol. The maximum absolute atomic E-state index is 3.23. The Morgan fingerprint density at radius 3 is 2.82 bits per heavy atom. The van der Waals surface area contributed by atoms with Crippen LogP contribution in [0.25, 0.3) is 10.9 Å². The molecule has 0 unspecified atom stereocenters. The lowest BCUT2D eigenvalue weighted by molar-refractivity contribution is 1.39. The molecule has 2 nitrogen and oxygen atoms in total. The highest BCUT2D eigenvalue weighted by atomic mass is 15.0. The van der Waals surface area contributed by atoms with Gasteiger partial charge < -0.3 is 10.3 Å². The minimum absolute atomic E-state index is 1.06. The Balaban J connectivity index is 2.69. The molecule has 0 fully saturated rings. The van der Waals surface area contributed by atoms with Crippen LogP contribution in [0.4, 0.5) is 5.82 Å². The van der Waals surface area contributed by atoms with Crippen molar-refractivity contribution in [1.82, 2.24) is 4.98 Å². The van der Waals surface area contributed by atoms with Gasteiger partial charge in [0.25, 0.3) is 0 Å². The van der Waals surface area contributed by atoms with Gasteiger partial charge in [-0.25, -0.2) is 0 Å². The maximum Gasteiger partial charge on any atom is 0.104 e. The van der Waals surface area contributed by atoms with Crippen LogP contribution in [0.2, 0.25) is 0 Å². The van der Waals surface area contributed by atoms with E-state index in [0.29, 0.717) is 0 Å². The Hall–Kier alpha value is -1.44. The van der Waals surface area contributed by atoms with E-state index < -0.39 is 0 Å². The molecule has 0 aliphatic carbocycles. The number of fused-ring (bicyclic) bond motifs is 1. The van der Waals surface area contributed by atoms with E-state index >= 15 is 0 Å². The summed E-state index contributed by atoms with van der Waals surface area (Å²) >= 11 is 0. The summed E-state index contributed by atoms with van der Waals surface area (Å²) in [4.78, 5) is 3.23. The van der Waals surface area contributed by atoms with Crippen LogP contribution in [-0.2, 0) is 0 Å². The Morgan fingerprint density at radius 2 is 2.09 bits per heavy atom. The summed E-state index contributed by atoms with van der Waals surface area (Å²) in [6, 6.07) is 10.3. The average molecular weight is 146 g/mol. The summed E-state index contributed by atoms with van der Waals surface area (Å²) in [5, 5.41) is 4.31. The van der Waals surface area contributed by atoms with Crippen molar-refractivity contribution in [3.05, 3.63) is 30.3 Å². The van der Waals surface area contributed by atoms with Crippen molar-refractivity contribution in [3.8, 4) is 0 Å². The predicted octanol–water partition coefficient (Wildman–Crippen LogP) is 2.21. The number of para-hydroxylation sites is 1. The van der Waals surface area contributed by atoms with E-state index in [1.807, 2.05) is 19.2 Å². The van der Waals surface area contributed by atoms with Gasteiger partial charge in [-0.05, 0) is 12.1 Å². The standard InChI is InChI=1S/C9H10N2/c1-10-9-6-7-4-2-3-5-8(7)11-9/h2-6,10-11H,1H3. The molecule has 2 heteroatoms. The number of H-pyrrole nitrogens is 1. The molecule has 0 saturated carbocycles. The molecule has 0 amide bonds. The summed E-state index contributed by atoms with van der Waals surface area (Å²) < 4.78 is 0. The number of benzene rings is 1. The zero-order valence-corrected chi connectivity index (χ0v) is 6.39. The summed E-state index contributed by atoms with van der Waals surface area (Å²) in [6.07, 6.45) is 0. The van der Waals surface area contributed by atoms with E-state index in [9.17, 15) is 0 Å². The number of anilines is 1. The van der Waals surface area contributed by atoms with E-state index in [4.69, 9.17) is 0 Å². The Bertz CT molecular complexity index is 329. The largest absolute Gasteiger partial charge is 0.375 e. The van der Waals surface area contributed by atoms with Gasteiger partial charge in [0.05, 0.1) is 0 Å². The molecule has 1 heterocycles. The fraction of sp³-hybridized carbons (Fsp3) is 0.111. The van der Waals surface area contributed by atoms with Gasteiger partial charge in [0, 0.05) is 18.0 Å². The molecule has 0 saturated heterocycles. The molecule has 0 bridgehead atoms. The molecule has 2 N–H and O–H groups in total. The highest BCUT2D eigenvalue weighted by Gasteiger charge is 1.95. The normalized spacial score (nSPS) is 10.3. The molecule has 0 spiro atoms. The number of aromatic amines is 1. The number of aromatic nitrogens is 1. The molecule has 1 aromatic carbocycles. The smallest absolute Gasteiger partial charge is 0.104 e. The van der Waals surface area contributed by atoms with Crippen LogP contribution in [0.3, 0.4) is 0 Å². The van der Waals surface area contributed by atoms with E-state index in [-0.39, 0.29) is 0 Å². The lowest BCUT2D eigenvalue weighted by atomic mass is 10.2. The molecular formula is C9H10N2. The van der Waals surface area contributed by atoms with Gasteiger partial charge in [0.1, 0.15) is 5.82 Å². The third kappa shape index (κ3) is 0.963. The average Bonchev–Trinajstić information content (AvgIpc) is 2.46. The van der Waals surface area contributed by atoms with Crippen LogP contribution in [0.5, 0.6) is 0 Å². The van der Waals surface area contributed by atoms with Gasteiger partial charge in [-0.1, -0.05) is 18.2 Å². The zero-order valence-electron chi connectivity index (χ0n) is 6.39. The minimum Gasteiger partial charge on any atom is -0.375 e. The van der Waals surface area contributed by atoms with Crippen molar-refractivity contribution in [2.75, 3.05) is 12.4 Å². The number of hydrogen-bond acceptors (Lipinski definition) is 1. The molecule has 2 aromatic rings. The molecule has 2 rings (SSSR count). The third-order valence-electron chi connectivity index (χ3n) is 1.80. The lowest BCUT2D eigenvalue weighted by Gasteiger charge is -1.89. The lowest BCUT2D eigenvalue weighted by Crippen LogP contribution is -1.85. The van der Waals surface area contributed by atoms with Crippen molar-refractivity contribution < 1.29 is 0 Å². The molecule has 0 atom stereocenters. The number of rotatable bonds is 1. The van der Waals surface area contributed by atoms with Crippen LogP contribution >= 0.6 is 0 Å². The second kappa shape index (κ2) is 2.31. The van der Waals surface area contributed by atoms with Crippen LogP contribution < -0.4 is 5.32 Å². The first-order chi connectivity index (χ1) is 5.40. The zero-order chi connectivity index (χ0) is 7.68. The van der Waals surface area contributed by atoms with Gasteiger partial charge in [-0.15, -0.1) is 0 Å². The fourth-order valence-corrected chi connectivity index (χ4v) is 1.21. The van der Waals surface area contributed by atoms with Gasteiger partial charge in [-0.3, -0.25) is 0 Å². The summed E-state index contributed by atoms with van der Waals surface area (Å²) in [5.41, 5.74) is 1.18. The van der Waals surface area contributed by atoms with Crippen LogP contribution in [0.15, 0.2) is 30.3 Å². The molecule has 0 aliphatic heterocycles.